The molecule has 24 heavy (non-hydrogen) atoms. The number of hydrogen-bond acceptors (Lipinski definition) is 3. The van der Waals surface area contributed by atoms with Crippen LogP contribution in [0.3, 0.4) is 0 Å². The molecule has 0 unspecified atom stereocenters. The molecule has 0 bridgehead atoms. The Labute approximate surface area is 147 Å². The highest BCUT2D eigenvalue weighted by atomic mass is 35.5. The maximum absolute atomic E-state index is 11.9. The summed E-state index contributed by atoms with van der Waals surface area (Å²) in [4.78, 5) is 11.9. The molecule has 1 amide bonds. The molecule has 0 radical (unpaired) electrons. The zero-order valence-electron chi connectivity index (χ0n) is 14.0. The van der Waals surface area contributed by atoms with Crippen LogP contribution in [0.2, 0.25) is 5.02 Å². The van der Waals surface area contributed by atoms with E-state index in [4.69, 9.17) is 11.6 Å². The fourth-order valence-corrected chi connectivity index (χ4v) is 2.25. The minimum absolute atomic E-state index is 0.0336. The topological polar surface area (TPSA) is 61.7 Å². The number of carbonyl (C=O) groups is 1. The van der Waals surface area contributed by atoms with Gasteiger partial charge in [0.2, 0.25) is 5.91 Å². The van der Waals surface area contributed by atoms with Crippen molar-refractivity contribution in [3.63, 3.8) is 0 Å². The van der Waals surface area contributed by atoms with E-state index in [1.807, 2.05) is 12.1 Å². The Balaban J connectivity index is 2.00. The van der Waals surface area contributed by atoms with Gasteiger partial charge in [0, 0.05) is 10.6 Å². The number of hydrogen-bond donors (Lipinski definition) is 2. The maximum atomic E-state index is 11.9. The van der Waals surface area contributed by atoms with Gasteiger partial charge in [0.1, 0.15) is 5.75 Å². The van der Waals surface area contributed by atoms with E-state index in [2.05, 4.69) is 31.3 Å². The highest BCUT2D eigenvalue weighted by Gasteiger charge is 2.14. The second kappa shape index (κ2) is 7.49. The molecule has 0 saturated carbocycles. The van der Waals surface area contributed by atoms with Crippen LogP contribution in [0.25, 0.3) is 0 Å². The summed E-state index contributed by atoms with van der Waals surface area (Å²) >= 11 is 5.81. The molecular weight excluding hydrogens is 324 g/mol. The highest BCUT2D eigenvalue weighted by molar-refractivity contribution is 6.30. The van der Waals surface area contributed by atoms with Gasteiger partial charge >= 0.3 is 0 Å². The molecule has 0 aromatic heterocycles. The lowest BCUT2D eigenvalue weighted by Gasteiger charge is -2.19. The van der Waals surface area contributed by atoms with E-state index in [0.717, 1.165) is 11.1 Å². The van der Waals surface area contributed by atoms with Gasteiger partial charge in [0.05, 0.1) is 12.6 Å². The van der Waals surface area contributed by atoms with Crippen LogP contribution in [0.1, 0.15) is 37.5 Å². The van der Waals surface area contributed by atoms with Crippen LogP contribution < -0.4 is 5.43 Å². The molecule has 2 aromatic rings. The lowest BCUT2D eigenvalue weighted by atomic mass is 9.86. The second-order valence-corrected chi connectivity index (χ2v) is 7.06. The number of hydrazone groups is 1. The average molecular weight is 345 g/mol. The SMILES string of the molecule is CC(C)(C)c1ccc(O)c(/C=N/NC(=O)Cc2ccc(Cl)cc2)c1. The number of phenols is 1. The van der Waals surface area contributed by atoms with Crippen molar-refractivity contribution in [2.24, 2.45) is 5.10 Å². The smallest absolute Gasteiger partial charge is 0.244 e. The van der Waals surface area contributed by atoms with Crippen molar-refractivity contribution in [3.8, 4) is 5.75 Å². The highest BCUT2D eigenvalue weighted by Crippen LogP contribution is 2.26. The van der Waals surface area contributed by atoms with Crippen LogP contribution in [-0.2, 0) is 16.6 Å². The van der Waals surface area contributed by atoms with Gasteiger partial charge in [0.25, 0.3) is 0 Å². The summed E-state index contributed by atoms with van der Waals surface area (Å²) in [7, 11) is 0. The fourth-order valence-electron chi connectivity index (χ4n) is 2.13. The molecule has 0 spiro atoms. The molecule has 0 fully saturated rings. The first kappa shape index (κ1) is 18.0. The van der Waals surface area contributed by atoms with Crippen LogP contribution >= 0.6 is 11.6 Å². The third-order valence-corrected chi connectivity index (χ3v) is 3.82. The Hall–Kier alpha value is -2.33. The summed E-state index contributed by atoms with van der Waals surface area (Å²) < 4.78 is 0. The first-order valence-corrected chi connectivity index (χ1v) is 8.03. The van der Waals surface area contributed by atoms with E-state index >= 15 is 0 Å². The molecule has 2 rings (SSSR count). The predicted molar refractivity (Wildman–Crippen MR) is 97.7 cm³/mol. The number of rotatable bonds is 4. The average Bonchev–Trinajstić information content (AvgIpc) is 2.50. The summed E-state index contributed by atoms with van der Waals surface area (Å²) in [6.45, 7) is 6.27. The monoisotopic (exact) mass is 344 g/mol. The Morgan fingerprint density at radius 2 is 1.88 bits per heavy atom. The summed E-state index contributed by atoms with van der Waals surface area (Å²) in [5.74, 6) is -0.112. The van der Waals surface area contributed by atoms with Crippen LogP contribution in [-0.4, -0.2) is 17.2 Å². The van der Waals surface area contributed by atoms with E-state index in [1.54, 1.807) is 30.3 Å². The van der Waals surface area contributed by atoms with E-state index in [9.17, 15) is 9.90 Å². The van der Waals surface area contributed by atoms with Gasteiger partial charge in [0.15, 0.2) is 0 Å². The number of halogens is 1. The molecule has 0 saturated heterocycles. The van der Waals surface area contributed by atoms with Gasteiger partial charge in [-0.3, -0.25) is 4.79 Å². The largest absolute Gasteiger partial charge is 0.507 e. The third kappa shape index (κ3) is 5.10. The first-order valence-electron chi connectivity index (χ1n) is 7.65. The Kier molecular flexibility index (Phi) is 5.62. The van der Waals surface area contributed by atoms with Gasteiger partial charge in [-0.05, 0) is 40.8 Å². The molecule has 0 aliphatic carbocycles. The molecule has 0 atom stereocenters. The zero-order chi connectivity index (χ0) is 17.7. The van der Waals surface area contributed by atoms with E-state index in [0.29, 0.717) is 10.6 Å². The van der Waals surface area contributed by atoms with Gasteiger partial charge in [-0.25, -0.2) is 5.43 Å². The third-order valence-electron chi connectivity index (χ3n) is 3.56. The Bertz CT molecular complexity index is 747. The lowest BCUT2D eigenvalue weighted by molar-refractivity contribution is -0.120. The molecule has 2 N–H and O–H groups in total. The molecular formula is C19H21ClN2O2. The minimum atomic E-state index is -0.236. The number of nitrogens with one attached hydrogen (secondary N) is 1. The predicted octanol–water partition coefficient (Wildman–Crippen LogP) is 4.04. The van der Waals surface area contributed by atoms with Gasteiger partial charge in [-0.2, -0.15) is 5.10 Å². The van der Waals surface area contributed by atoms with Crippen molar-refractivity contribution in [1.82, 2.24) is 5.43 Å². The number of aromatic hydroxyl groups is 1. The molecule has 4 nitrogen and oxygen atoms in total. The van der Waals surface area contributed by atoms with Gasteiger partial charge in [-0.15, -0.1) is 0 Å². The minimum Gasteiger partial charge on any atom is -0.507 e. The van der Waals surface area contributed by atoms with E-state index in [-0.39, 0.29) is 23.5 Å². The van der Waals surface area contributed by atoms with Crippen molar-refractivity contribution >= 4 is 23.7 Å². The molecule has 0 aliphatic rings. The molecule has 126 valence electrons. The van der Waals surface area contributed by atoms with Crippen LogP contribution in [0.4, 0.5) is 0 Å². The Morgan fingerprint density at radius 1 is 1.21 bits per heavy atom. The van der Waals surface area contributed by atoms with Crippen LogP contribution in [0.5, 0.6) is 5.75 Å². The second-order valence-electron chi connectivity index (χ2n) is 6.62. The lowest BCUT2D eigenvalue weighted by Crippen LogP contribution is -2.19. The first-order chi connectivity index (χ1) is 11.3. The number of nitrogens with zero attached hydrogens (tertiary/aromatic N) is 1. The normalized spacial score (nSPS) is 11.7. The van der Waals surface area contributed by atoms with Crippen molar-refractivity contribution in [2.75, 3.05) is 0 Å². The number of amides is 1. The molecule has 0 aliphatic heterocycles. The van der Waals surface area contributed by atoms with Crippen molar-refractivity contribution in [3.05, 3.63) is 64.2 Å². The number of carbonyl (C=O) groups excluding carboxylic acids is 1. The molecule has 5 heteroatoms. The van der Waals surface area contributed by atoms with Crippen molar-refractivity contribution in [2.45, 2.75) is 32.6 Å². The van der Waals surface area contributed by atoms with E-state index < -0.39 is 0 Å². The number of benzene rings is 2. The van der Waals surface area contributed by atoms with E-state index in [1.165, 1.54) is 6.21 Å². The standard InChI is InChI=1S/C19H21ClN2O2/c1-19(2,3)15-6-9-17(23)14(11-15)12-21-22-18(24)10-13-4-7-16(20)8-5-13/h4-9,11-12,23H,10H2,1-3H3,(H,22,24)/b21-12+. The van der Waals surface area contributed by atoms with Crippen LogP contribution in [0, 0.1) is 0 Å². The summed E-state index contributed by atoms with van der Waals surface area (Å²) in [6.07, 6.45) is 1.66. The summed E-state index contributed by atoms with van der Waals surface area (Å²) in [5, 5.41) is 14.5. The van der Waals surface area contributed by atoms with Gasteiger partial charge in [-0.1, -0.05) is 50.6 Å². The quantitative estimate of drug-likeness (QED) is 0.649. The number of phenolic OH excluding ortho intramolecular Hbond substituents is 1. The van der Waals surface area contributed by atoms with Crippen LogP contribution in [0.15, 0.2) is 47.6 Å². The fraction of sp³-hybridized carbons (Fsp3) is 0.263. The van der Waals surface area contributed by atoms with Crippen molar-refractivity contribution < 1.29 is 9.90 Å². The molecule has 2 aromatic carbocycles. The molecule has 0 heterocycles. The van der Waals surface area contributed by atoms with Gasteiger partial charge < -0.3 is 5.11 Å². The summed E-state index contributed by atoms with van der Waals surface area (Å²) in [6, 6.07) is 12.5. The summed E-state index contributed by atoms with van der Waals surface area (Å²) in [5.41, 5.74) is 4.93. The van der Waals surface area contributed by atoms with Crippen molar-refractivity contribution in [1.29, 1.82) is 0 Å². The Morgan fingerprint density at radius 3 is 2.50 bits per heavy atom. The zero-order valence-corrected chi connectivity index (χ0v) is 14.8. The maximum Gasteiger partial charge on any atom is 0.244 e.